The van der Waals surface area contributed by atoms with E-state index in [1.54, 1.807) is 21.6 Å². The van der Waals surface area contributed by atoms with Crippen LogP contribution >= 0.6 is 21.6 Å². The van der Waals surface area contributed by atoms with Crippen molar-refractivity contribution in [3.63, 3.8) is 0 Å². The Morgan fingerprint density at radius 3 is 0.819 bits per heavy atom. The Morgan fingerprint density at radius 2 is 0.556 bits per heavy atom. The van der Waals surface area contributed by atoms with Gasteiger partial charge in [-0.1, -0.05) is 329 Å². The molecule has 4 rings (SSSR count). The molecule has 4 atom stereocenters. The molecule has 4 aromatic rings. The van der Waals surface area contributed by atoms with E-state index in [9.17, 15) is 10.2 Å². The summed E-state index contributed by atoms with van der Waals surface area (Å²) in [5.41, 5.74) is 6.63. The van der Waals surface area contributed by atoms with Crippen LogP contribution in [0.25, 0.3) is 0 Å². The molecule has 0 spiro atoms. The number of rotatable bonds is 43. The van der Waals surface area contributed by atoms with Crippen LogP contribution < -0.4 is 0 Å². The molecular formula is C68H106O2S2. The number of hydrogen-bond acceptors (Lipinski definition) is 4. The van der Waals surface area contributed by atoms with Crippen molar-refractivity contribution in [2.75, 3.05) is 0 Å². The van der Waals surface area contributed by atoms with Crippen LogP contribution in [-0.2, 0) is 0 Å². The van der Waals surface area contributed by atoms with Crippen molar-refractivity contribution >= 4 is 21.6 Å². The smallest absolute Gasteiger partial charge is 0.122 e. The summed E-state index contributed by atoms with van der Waals surface area (Å²) < 4.78 is 0. The summed E-state index contributed by atoms with van der Waals surface area (Å²) in [6.45, 7) is 13.7. The normalized spacial score (nSPS) is 13.4. The van der Waals surface area contributed by atoms with E-state index in [2.05, 4.69) is 126 Å². The predicted octanol–water partition coefficient (Wildman–Crippen LogP) is 23.7. The van der Waals surface area contributed by atoms with Crippen LogP contribution in [0.2, 0.25) is 0 Å². The largest absolute Gasteiger partial charge is 0.507 e. The topological polar surface area (TPSA) is 40.5 Å². The van der Waals surface area contributed by atoms with Crippen molar-refractivity contribution < 1.29 is 10.2 Å². The van der Waals surface area contributed by atoms with E-state index < -0.39 is 0 Å². The first-order valence-electron chi connectivity index (χ1n) is 30.4. The summed E-state index contributed by atoms with van der Waals surface area (Å²) in [6.07, 6.45) is 46.3. The minimum absolute atomic E-state index is 0.0715. The standard InChI is InChI=1S/C68H106O2S2/c1-7-9-11-13-15-17-19-21-23-25-27-29-31-33-35-39-45-55(3)63-51-61(53-65(67(63)69)57(5)59-47-41-37-42-48-59)71-72-62-52-64(68(70)66(54-62)58(6)60-49-43-38-44-50-60)56(4)46-40-36-34-32-30-28-26-24-22-20-18-16-14-12-10-8-2/h37-38,41-44,47-58,69-70H,7-36,39-40,45-46H2,1-6H3. The lowest BCUT2D eigenvalue weighted by molar-refractivity contribution is 0.447. The van der Waals surface area contributed by atoms with Gasteiger partial charge in [0.1, 0.15) is 11.5 Å². The zero-order valence-electron chi connectivity index (χ0n) is 47.1. The summed E-state index contributed by atoms with van der Waals surface area (Å²) >= 11 is 0. The summed E-state index contributed by atoms with van der Waals surface area (Å²) in [6, 6.07) is 30.4. The fourth-order valence-corrected chi connectivity index (χ4v) is 13.1. The van der Waals surface area contributed by atoms with Gasteiger partial charge in [-0.25, -0.2) is 0 Å². The van der Waals surface area contributed by atoms with Gasteiger partial charge < -0.3 is 10.2 Å². The van der Waals surface area contributed by atoms with E-state index >= 15 is 0 Å². The molecule has 72 heavy (non-hydrogen) atoms. The molecule has 0 aromatic heterocycles. The number of benzene rings is 4. The third-order valence-corrected chi connectivity index (χ3v) is 18.4. The second-order valence-electron chi connectivity index (χ2n) is 22.3. The maximum Gasteiger partial charge on any atom is 0.122 e. The van der Waals surface area contributed by atoms with Crippen LogP contribution in [0.5, 0.6) is 11.5 Å². The van der Waals surface area contributed by atoms with Crippen LogP contribution in [0.3, 0.4) is 0 Å². The molecule has 0 aliphatic rings. The molecule has 0 amide bonds. The van der Waals surface area contributed by atoms with Crippen molar-refractivity contribution in [1.82, 2.24) is 0 Å². The highest BCUT2D eigenvalue weighted by Crippen LogP contribution is 2.48. The van der Waals surface area contributed by atoms with Gasteiger partial charge in [-0.15, -0.1) is 0 Å². The number of unbranched alkanes of at least 4 members (excludes halogenated alkanes) is 30. The molecule has 4 aromatic carbocycles. The van der Waals surface area contributed by atoms with Crippen LogP contribution in [0.15, 0.2) is 94.7 Å². The maximum atomic E-state index is 12.0. The SMILES string of the molecule is CCCCCCCCCCCCCCCCCCC(C)c1cc(SSc2cc(C(C)CCCCCCCCCCCCCCCCCC)c(O)c(C(C)c3ccccc3)c2)cc(C(C)c2ccccc2)c1O. The average Bonchev–Trinajstić information content (AvgIpc) is 3.40. The molecule has 0 aliphatic heterocycles. The first-order valence-corrected chi connectivity index (χ1v) is 32.6. The first-order chi connectivity index (χ1) is 35.2. The monoisotopic (exact) mass is 1020 g/mol. The van der Waals surface area contributed by atoms with Crippen LogP contribution in [0, 0.1) is 0 Å². The van der Waals surface area contributed by atoms with Gasteiger partial charge in [-0.3, -0.25) is 0 Å². The summed E-state index contributed by atoms with van der Waals surface area (Å²) in [4.78, 5) is 2.36. The van der Waals surface area contributed by atoms with Crippen molar-refractivity contribution in [2.45, 2.75) is 293 Å². The Balaban J connectivity index is 1.34. The first kappa shape index (κ1) is 61.7. The molecule has 4 unspecified atom stereocenters. The van der Waals surface area contributed by atoms with Gasteiger partial charge >= 0.3 is 0 Å². The van der Waals surface area contributed by atoms with E-state index in [-0.39, 0.29) is 23.7 Å². The molecule has 2 N–H and O–H groups in total. The molecule has 4 heteroatoms. The minimum Gasteiger partial charge on any atom is -0.507 e. The lowest BCUT2D eigenvalue weighted by Crippen LogP contribution is -2.03. The lowest BCUT2D eigenvalue weighted by atomic mass is 9.87. The second-order valence-corrected chi connectivity index (χ2v) is 24.6. The molecule has 0 aliphatic carbocycles. The van der Waals surface area contributed by atoms with E-state index in [0.717, 1.165) is 35.1 Å². The predicted molar refractivity (Wildman–Crippen MR) is 321 cm³/mol. The van der Waals surface area contributed by atoms with Crippen LogP contribution in [0.1, 0.15) is 317 Å². The fourth-order valence-electron chi connectivity index (χ4n) is 11.1. The van der Waals surface area contributed by atoms with Gasteiger partial charge in [0.25, 0.3) is 0 Å². The number of hydrogen-bond donors (Lipinski definition) is 2. The third-order valence-electron chi connectivity index (χ3n) is 16.1. The van der Waals surface area contributed by atoms with Crippen molar-refractivity contribution in [2.24, 2.45) is 0 Å². The Kier molecular flexibility index (Phi) is 33.2. The van der Waals surface area contributed by atoms with Gasteiger partial charge in [0.2, 0.25) is 0 Å². The Morgan fingerprint density at radius 1 is 0.319 bits per heavy atom. The highest BCUT2D eigenvalue weighted by Gasteiger charge is 2.23. The molecule has 402 valence electrons. The van der Waals surface area contributed by atoms with E-state index in [4.69, 9.17) is 0 Å². The summed E-state index contributed by atoms with van der Waals surface area (Å²) in [7, 11) is 3.59. The Labute approximate surface area is 452 Å². The summed E-state index contributed by atoms with van der Waals surface area (Å²) in [5, 5.41) is 24.1. The highest BCUT2D eigenvalue weighted by atomic mass is 33.1. The van der Waals surface area contributed by atoms with Gasteiger partial charge in [0.05, 0.1) is 0 Å². The fraction of sp³-hybridized carbons (Fsp3) is 0.647. The van der Waals surface area contributed by atoms with Crippen LogP contribution in [0.4, 0.5) is 0 Å². The van der Waals surface area contributed by atoms with Gasteiger partial charge in [-0.2, -0.15) is 0 Å². The molecule has 0 saturated carbocycles. The zero-order chi connectivity index (χ0) is 51.4. The molecule has 0 radical (unpaired) electrons. The Hall–Kier alpha value is -2.82. The molecule has 0 heterocycles. The molecule has 0 fully saturated rings. The van der Waals surface area contributed by atoms with Gasteiger partial charge in [0, 0.05) is 32.8 Å². The highest BCUT2D eigenvalue weighted by molar-refractivity contribution is 8.76. The molecule has 0 saturated heterocycles. The van der Waals surface area contributed by atoms with Gasteiger partial charge in [0.15, 0.2) is 0 Å². The number of phenolic OH excluding ortho intramolecular Hbond substituents is 2. The van der Waals surface area contributed by atoms with Crippen molar-refractivity contribution in [1.29, 1.82) is 0 Å². The average molecular weight is 1020 g/mol. The quantitative estimate of drug-likeness (QED) is 0.0342. The van der Waals surface area contributed by atoms with E-state index in [0.29, 0.717) is 11.5 Å². The number of phenols is 2. The minimum atomic E-state index is 0.0715. The molecule has 2 nitrogen and oxygen atoms in total. The maximum absolute atomic E-state index is 12.0. The van der Waals surface area contributed by atoms with Crippen molar-refractivity contribution in [3.8, 4) is 11.5 Å². The van der Waals surface area contributed by atoms with Gasteiger partial charge in [-0.05, 0) is 71.2 Å². The Bertz CT molecular complexity index is 1800. The molecule has 0 bridgehead atoms. The lowest BCUT2D eigenvalue weighted by Gasteiger charge is -2.22. The third kappa shape index (κ3) is 24.2. The number of aromatic hydroxyl groups is 2. The van der Waals surface area contributed by atoms with E-state index in [1.165, 1.54) is 226 Å². The summed E-state index contributed by atoms with van der Waals surface area (Å²) in [5.74, 6) is 1.63. The van der Waals surface area contributed by atoms with E-state index in [1.807, 2.05) is 0 Å². The van der Waals surface area contributed by atoms with Crippen LogP contribution in [-0.4, -0.2) is 10.2 Å². The molecular weight excluding hydrogens is 913 g/mol. The van der Waals surface area contributed by atoms with Crippen molar-refractivity contribution in [3.05, 3.63) is 118 Å². The zero-order valence-corrected chi connectivity index (χ0v) is 48.8. The second kappa shape index (κ2) is 38.7.